The molecule has 0 amide bonds. The Hall–Kier alpha value is -3.26. The summed E-state index contributed by atoms with van der Waals surface area (Å²) in [4.78, 5) is 20.8. The number of ether oxygens (including phenoxy) is 2. The molecule has 4 aromatic rings. The van der Waals surface area contributed by atoms with Gasteiger partial charge in [-0.15, -0.1) is 11.3 Å². The van der Waals surface area contributed by atoms with E-state index in [0.29, 0.717) is 29.6 Å². The number of aromatic nitrogens is 3. The molecule has 2 aromatic heterocycles. The van der Waals surface area contributed by atoms with Crippen molar-refractivity contribution in [3.8, 4) is 5.75 Å². The number of carbonyl (C=O) groups is 1. The minimum atomic E-state index is -0.352. The summed E-state index contributed by atoms with van der Waals surface area (Å²) >= 11 is 1.68. The van der Waals surface area contributed by atoms with E-state index in [1.165, 1.54) is 4.70 Å². The molecule has 0 saturated heterocycles. The van der Waals surface area contributed by atoms with Crippen LogP contribution in [0.2, 0.25) is 0 Å². The lowest BCUT2D eigenvalue weighted by Crippen LogP contribution is -2.07. The first-order valence-corrected chi connectivity index (χ1v) is 10.0. The summed E-state index contributed by atoms with van der Waals surface area (Å²) in [6.45, 7) is 2.27. The van der Waals surface area contributed by atoms with Crippen LogP contribution in [0.3, 0.4) is 0 Å². The Morgan fingerprint density at radius 1 is 1.10 bits per heavy atom. The third-order valence-corrected chi connectivity index (χ3v) is 5.23. The molecule has 8 heteroatoms. The van der Waals surface area contributed by atoms with Gasteiger partial charge in [-0.3, -0.25) is 0 Å². The molecule has 0 aliphatic heterocycles. The van der Waals surface area contributed by atoms with Crippen molar-refractivity contribution in [3.63, 3.8) is 0 Å². The summed E-state index contributed by atoms with van der Waals surface area (Å²) in [5.74, 6) is 1.22. The quantitative estimate of drug-likeness (QED) is 0.316. The van der Waals surface area contributed by atoms with E-state index >= 15 is 0 Å². The van der Waals surface area contributed by atoms with E-state index in [1.54, 1.807) is 42.5 Å². The van der Waals surface area contributed by atoms with Crippen LogP contribution in [0, 0.1) is 6.92 Å². The molecule has 0 aliphatic rings. The third kappa shape index (κ3) is 4.97. The number of rotatable bonds is 8. The van der Waals surface area contributed by atoms with Crippen LogP contribution in [0.1, 0.15) is 33.5 Å². The molecular formula is C21H19N3O4S. The number of para-hydroxylation sites is 1. The minimum Gasteiger partial charge on any atom is -0.485 e. The van der Waals surface area contributed by atoms with Gasteiger partial charge in [0.1, 0.15) is 5.75 Å². The Morgan fingerprint density at radius 3 is 2.69 bits per heavy atom. The number of thiazole rings is 1. The Kier molecular flexibility index (Phi) is 5.81. The molecular weight excluding hydrogens is 390 g/mol. The van der Waals surface area contributed by atoms with Crippen molar-refractivity contribution in [2.75, 3.05) is 6.61 Å². The monoisotopic (exact) mass is 409 g/mol. The van der Waals surface area contributed by atoms with Crippen molar-refractivity contribution in [3.05, 3.63) is 70.8 Å². The number of hydrogen-bond donors (Lipinski definition) is 0. The second kappa shape index (κ2) is 8.83. The van der Waals surface area contributed by atoms with Crippen LogP contribution in [0.25, 0.3) is 10.2 Å². The average molecular weight is 409 g/mol. The molecule has 0 unspecified atom stereocenters. The molecule has 0 fully saturated rings. The summed E-state index contributed by atoms with van der Waals surface area (Å²) in [7, 11) is 0. The Bertz CT molecular complexity index is 1070. The van der Waals surface area contributed by atoms with Gasteiger partial charge in [-0.25, -0.2) is 9.78 Å². The van der Waals surface area contributed by atoms with Crippen LogP contribution in [0.15, 0.2) is 53.1 Å². The first-order chi connectivity index (χ1) is 14.2. The molecule has 0 radical (unpaired) electrons. The van der Waals surface area contributed by atoms with Crippen molar-refractivity contribution in [2.45, 2.75) is 26.4 Å². The van der Waals surface area contributed by atoms with Gasteiger partial charge in [-0.05, 0) is 42.8 Å². The summed E-state index contributed by atoms with van der Waals surface area (Å²) in [5.41, 5.74) is 1.49. The average Bonchev–Trinajstić information content (AvgIpc) is 3.35. The van der Waals surface area contributed by atoms with Gasteiger partial charge >= 0.3 is 5.97 Å². The van der Waals surface area contributed by atoms with Crippen molar-refractivity contribution in [1.82, 2.24) is 15.1 Å². The molecule has 0 atom stereocenters. The van der Waals surface area contributed by atoms with Gasteiger partial charge < -0.3 is 14.0 Å². The largest absolute Gasteiger partial charge is 0.485 e. The molecule has 0 aliphatic carbocycles. The number of hydrogen-bond acceptors (Lipinski definition) is 8. The van der Waals surface area contributed by atoms with Crippen molar-refractivity contribution in [2.24, 2.45) is 0 Å². The van der Waals surface area contributed by atoms with E-state index in [1.807, 2.05) is 18.2 Å². The van der Waals surface area contributed by atoms with E-state index in [2.05, 4.69) is 21.2 Å². The van der Waals surface area contributed by atoms with Crippen LogP contribution in [-0.2, 0) is 17.8 Å². The maximum Gasteiger partial charge on any atom is 0.338 e. The Balaban J connectivity index is 1.22. The lowest BCUT2D eigenvalue weighted by molar-refractivity contribution is 0.0500. The standard InChI is InChI=1S/C21H19N3O4S/c1-14-22-19(24-28-14)13-27-16-10-8-15(9-11-16)21(25)26-12-4-7-20-23-17-5-2-3-6-18(17)29-20/h2-3,5-6,8-11H,4,7,12-13H2,1H3. The van der Waals surface area contributed by atoms with Gasteiger partial charge in [0.2, 0.25) is 11.7 Å². The molecule has 2 heterocycles. The highest BCUT2D eigenvalue weighted by Gasteiger charge is 2.09. The lowest BCUT2D eigenvalue weighted by atomic mass is 10.2. The van der Waals surface area contributed by atoms with E-state index < -0.39 is 0 Å². The van der Waals surface area contributed by atoms with Gasteiger partial charge in [0.15, 0.2) is 6.61 Å². The van der Waals surface area contributed by atoms with Gasteiger partial charge in [0, 0.05) is 13.3 Å². The fraction of sp³-hybridized carbons (Fsp3) is 0.238. The number of fused-ring (bicyclic) bond motifs is 1. The minimum absolute atomic E-state index is 0.201. The molecule has 0 bridgehead atoms. The van der Waals surface area contributed by atoms with E-state index in [9.17, 15) is 4.79 Å². The van der Waals surface area contributed by atoms with Crippen LogP contribution in [0.4, 0.5) is 0 Å². The fourth-order valence-corrected chi connectivity index (χ4v) is 3.74. The number of aryl methyl sites for hydroxylation is 2. The smallest absolute Gasteiger partial charge is 0.338 e. The highest BCUT2D eigenvalue weighted by Crippen LogP contribution is 2.22. The fourth-order valence-electron chi connectivity index (χ4n) is 2.73. The maximum absolute atomic E-state index is 12.2. The number of nitrogens with zero attached hydrogens (tertiary/aromatic N) is 3. The number of carbonyl (C=O) groups excluding carboxylic acids is 1. The van der Waals surface area contributed by atoms with Crippen LogP contribution in [-0.4, -0.2) is 27.7 Å². The molecule has 29 heavy (non-hydrogen) atoms. The van der Waals surface area contributed by atoms with Gasteiger partial charge in [0.05, 0.1) is 27.4 Å². The zero-order valence-electron chi connectivity index (χ0n) is 15.8. The highest BCUT2D eigenvalue weighted by atomic mass is 32.1. The second-order valence-electron chi connectivity index (χ2n) is 6.36. The Labute approximate surface area is 171 Å². The zero-order chi connectivity index (χ0) is 20.1. The van der Waals surface area contributed by atoms with Gasteiger partial charge in [0.25, 0.3) is 0 Å². The Morgan fingerprint density at radius 2 is 1.93 bits per heavy atom. The van der Waals surface area contributed by atoms with Gasteiger partial charge in [-0.2, -0.15) is 4.98 Å². The van der Waals surface area contributed by atoms with E-state index in [4.69, 9.17) is 14.0 Å². The normalized spacial score (nSPS) is 10.9. The van der Waals surface area contributed by atoms with Crippen molar-refractivity contribution >= 4 is 27.5 Å². The third-order valence-electron chi connectivity index (χ3n) is 4.13. The van der Waals surface area contributed by atoms with E-state index in [-0.39, 0.29) is 12.6 Å². The molecule has 0 N–H and O–H groups in total. The predicted octanol–water partition coefficient (Wildman–Crippen LogP) is 4.36. The number of esters is 1. The van der Waals surface area contributed by atoms with Crippen molar-refractivity contribution < 1.29 is 18.8 Å². The summed E-state index contributed by atoms with van der Waals surface area (Å²) in [6.07, 6.45) is 1.52. The molecule has 7 nitrogen and oxygen atoms in total. The van der Waals surface area contributed by atoms with Gasteiger partial charge in [-0.1, -0.05) is 17.3 Å². The SMILES string of the molecule is Cc1nc(COc2ccc(C(=O)OCCCc3nc4ccccc4s3)cc2)no1. The first-order valence-electron chi connectivity index (χ1n) is 9.21. The summed E-state index contributed by atoms with van der Waals surface area (Å²) in [6, 6.07) is 14.8. The van der Waals surface area contributed by atoms with Crippen LogP contribution in [0.5, 0.6) is 5.75 Å². The predicted molar refractivity (Wildman–Crippen MR) is 108 cm³/mol. The summed E-state index contributed by atoms with van der Waals surface area (Å²) < 4.78 is 17.0. The van der Waals surface area contributed by atoms with Crippen LogP contribution >= 0.6 is 11.3 Å². The zero-order valence-corrected chi connectivity index (χ0v) is 16.6. The summed E-state index contributed by atoms with van der Waals surface area (Å²) in [5, 5.41) is 4.82. The molecule has 0 spiro atoms. The first kappa shape index (κ1) is 19.1. The maximum atomic E-state index is 12.2. The molecule has 4 rings (SSSR count). The highest BCUT2D eigenvalue weighted by molar-refractivity contribution is 7.18. The molecule has 2 aromatic carbocycles. The lowest BCUT2D eigenvalue weighted by Gasteiger charge is -2.06. The number of benzene rings is 2. The second-order valence-corrected chi connectivity index (χ2v) is 7.47. The molecule has 0 saturated carbocycles. The molecule has 148 valence electrons. The van der Waals surface area contributed by atoms with E-state index in [0.717, 1.165) is 23.4 Å². The van der Waals surface area contributed by atoms with Crippen molar-refractivity contribution in [1.29, 1.82) is 0 Å². The topological polar surface area (TPSA) is 87.3 Å². The van der Waals surface area contributed by atoms with Crippen LogP contribution < -0.4 is 4.74 Å².